The van der Waals surface area contributed by atoms with E-state index in [1.807, 2.05) is 0 Å². The quantitative estimate of drug-likeness (QED) is 0.470. The molecule has 0 aromatic heterocycles. The Morgan fingerprint density at radius 3 is 2.92 bits per heavy atom. The molecule has 0 radical (unpaired) electrons. The first-order valence-corrected chi connectivity index (χ1v) is 3.68. The molecule has 13 heavy (non-hydrogen) atoms. The number of hydrogen-bond acceptors (Lipinski definition) is 2. The minimum Gasteiger partial charge on any atom is -0.515 e. The van der Waals surface area contributed by atoms with Crippen LogP contribution in [0.25, 0.3) is 5.57 Å². The van der Waals surface area contributed by atoms with Gasteiger partial charge in [-0.25, -0.2) is 4.39 Å². The van der Waals surface area contributed by atoms with E-state index in [0.717, 1.165) is 6.26 Å². The van der Waals surface area contributed by atoms with Gasteiger partial charge < -0.3 is 10.4 Å². The maximum absolute atomic E-state index is 12.7. The number of carbonyl (C=O) groups excluding carboxylic acids is 1. The highest BCUT2D eigenvalue weighted by molar-refractivity contribution is 6.31. The lowest BCUT2D eigenvalue weighted by Gasteiger charge is -1.95. The number of benzene rings is 1. The molecule has 0 saturated carbocycles. The third-order valence-electron chi connectivity index (χ3n) is 1.89. The standard InChI is InChI=1S/C9H6FNO2/c10-5-1-2-6-7(4-12)9(13)11-8(6)3-5/h1-4,12H,(H,11,13). The van der Waals surface area contributed by atoms with Crippen LogP contribution in [0.1, 0.15) is 5.56 Å². The number of aliphatic hydroxyl groups is 1. The SMILES string of the molecule is O=C1Nc2cc(F)ccc2C1=CO. The van der Waals surface area contributed by atoms with Gasteiger partial charge in [-0.15, -0.1) is 0 Å². The molecule has 0 fully saturated rings. The highest BCUT2D eigenvalue weighted by Gasteiger charge is 2.24. The Morgan fingerprint density at radius 2 is 2.23 bits per heavy atom. The first-order chi connectivity index (χ1) is 6.22. The lowest BCUT2D eigenvalue weighted by Crippen LogP contribution is -2.03. The Hall–Kier alpha value is -1.84. The zero-order valence-electron chi connectivity index (χ0n) is 6.54. The number of halogens is 1. The number of anilines is 1. The monoisotopic (exact) mass is 179 g/mol. The smallest absolute Gasteiger partial charge is 0.259 e. The minimum absolute atomic E-state index is 0.162. The average Bonchev–Trinajstić information content (AvgIpc) is 2.39. The number of hydrogen-bond donors (Lipinski definition) is 2. The predicted octanol–water partition coefficient (Wildman–Crippen LogP) is 1.68. The molecule has 0 spiro atoms. The summed E-state index contributed by atoms with van der Waals surface area (Å²) in [6, 6.07) is 3.90. The summed E-state index contributed by atoms with van der Waals surface area (Å²) in [5.74, 6) is -0.832. The fraction of sp³-hybridized carbons (Fsp3) is 0. The van der Waals surface area contributed by atoms with Gasteiger partial charge in [-0.1, -0.05) is 0 Å². The van der Waals surface area contributed by atoms with E-state index in [4.69, 9.17) is 5.11 Å². The lowest BCUT2D eigenvalue weighted by atomic mass is 10.1. The third kappa shape index (κ3) is 1.07. The fourth-order valence-corrected chi connectivity index (χ4v) is 1.29. The summed E-state index contributed by atoms with van der Waals surface area (Å²) < 4.78 is 12.7. The van der Waals surface area contributed by atoms with Crippen molar-refractivity contribution in [1.29, 1.82) is 0 Å². The Morgan fingerprint density at radius 1 is 1.46 bits per heavy atom. The van der Waals surface area contributed by atoms with E-state index in [1.165, 1.54) is 18.2 Å². The summed E-state index contributed by atoms with van der Waals surface area (Å²) in [5.41, 5.74) is 1.08. The van der Waals surface area contributed by atoms with Crippen molar-refractivity contribution in [2.24, 2.45) is 0 Å². The van der Waals surface area contributed by atoms with E-state index < -0.39 is 11.7 Å². The van der Waals surface area contributed by atoms with Crippen molar-refractivity contribution < 1.29 is 14.3 Å². The molecule has 1 heterocycles. The van der Waals surface area contributed by atoms with E-state index in [2.05, 4.69) is 5.32 Å². The van der Waals surface area contributed by atoms with E-state index in [-0.39, 0.29) is 5.57 Å². The highest BCUT2D eigenvalue weighted by atomic mass is 19.1. The van der Waals surface area contributed by atoms with Gasteiger partial charge in [0.25, 0.3) is 5.91 Å². The molecule has 0 bridgehead atoms. The van der Waals surface area contributed by atoms with Crippen LogP contribution in [0, 0.1) is 5.82 Å². The number of rotatable bonds is 0. The molecular weight excluding hydrogens is 173 g/mol. The Balaban J connectivity index is 2.61. The largest absolute Gasteiger partial charge is 0.515 e. The summed E-state index contributed by atoms with van der Waals surface area (Å²) in [4.78, 5) is 11.1. The fourth-order valence-electron chi connectivity index (χ4n) is 1.29. The Bertz CT molecular complexity index is 412. The first kappa shape index (κ1) is 7.79. The maximum Gasteiger partial charge on any atom is 0.259 e. The van der Waals surface area contributed by atoms with Gasteiger partial charge in [-0.3, -0.25) is 4.79 Å². The molecule has 2 N–H and O–H groups in total. The van der Waals surface area contributed by atoms with Crippen molar-refractivity contribution >= 4 is 17.2 Å². The van der Waals surface area contributed by atoms with E-state index in [0.29, 0.717) is 11.3 Å². The number of carbonyl (C=O) groups is 1. The van der Waals surface area contributed by atoms with Gasteiger partial charge in [0.05, 0.1) is 17.5 Å². The molecule has 1 amide bonds. The predicted molar refractivity (Wildman–Crippen MR) is 45.6 cm³/mol. The van der Waals surface area contributed by atoms with Gasteiger partial charge in [0.1, 0.15) is 5.82 Å². The average molecular weight is 179 g/mol. The number of aliphatic hydroxyl groups excluding tert-OH is 1. The normalized spacial score (nSPS) is 17.3. The second-order valence-corrected chi connectivity index (χ2v) is 2.69. The first-order valence-electron chi connectivity index (χ1n) is 3.68. The summed E-state index contributed by atoms with van der Waals surface area (Å²) in [7, 11) is 0. The van der Waals surface area contributed by atoms with Crippen LogP contribution in [-0.4, -0.2) is 11.0 Å². The summed E-state index contributed by atoms with van der Waals surface area (Å²) in [6.45, 7) is 0. The maximum atomic E-state index is 12.7. The van der Waals surface area contributed by atoms with Crippen molar-refractivity contribution in [3.8, 4) is 0 Å². The van der Waals surface area contributed by atoms with Gasteiger partial charge >= 0.3 is 0 Å². The molecule has 1 aliphatic heterocycles. The van der Waals surface area contributed by atoms with Crippen LogP contribution < -0.4 is 5.32 Å². The molecule has 4 heteroatoms. The van der Waals surface area contributed by atoms with E-state index >= 15 is 0 Å². The van der Waals surface area contributed by atoms with Gasteiger partial charge in [-0.2, -0.15) is 0 Å². The molecule has 1 aromatic carbocycles. The van der Waals surface area contributed by atoms with Gasteiger partial charge in [0, 0.05) is 5.56 Å². The van der Waals surface area contributed by atoms with Crippen molar-refractivity contribution in [1.82, 2.24) is 0 Å². The van der Waals surface area contributed by atoms with Crippen molar-refractivity contribution in [2.75, 3.05) is 5.32 Å². The molecule has 0 saturated heterocycles. The molecular formula is C9H6FNO2. The molecule has 0 atom stereocenters. The summed E-state index contributed by atoms with van der Waals surface area (Å²) in [5, 5.41) is 11.2. The van der Waals surface area contributed by atoms with Crippen LogP contribution >= 0.6 is 0 Å². The van der Waals surface area contributed by atoms with Crippen molar-refractivity contribution in [3.63, 3.8) is 0 Å². The zero-order chi connectivity index (χ0) is 9.42. The van der Waals surface area contributed by atoms with E-state index in [9.17, 15) is 9.18 Å². The van der Waals surface area contributed by atoms with Gasteiger partial charge in [0.15, 0.2) is 0 Å². The second kappa shape index (κ2) is 2.58. The summed E-state index contributed by atoms with van der Waals surface area (Å²) in [6.07, 6.45) is 0.721. The molecule has 3 nitrogen and oxygen atoms in total. The lowest BCUT2D eigenvalue weighted by molar-refractivity contribution is -0.110. The second-order valence-electron chi connectivity index (χ2n) is 2.69. The van der Waals surface area contributed by atoms with Crippen LogP contribution in [-0.2, 0) is 4.79 Å². The molecule has 0 unspecified atom stereocenters. The van der Waals surface area contributed by atoms with Crippen molar-refractivity contribution in [2.45, 2.75) is 0 Å². The Labute approximate surface area is 73.5 Å². The number of fused-ring (bicyclic) bond motifs is 1. The molecule has 1 aromatic rings. The highest BCUT2D eigenvalue weighted by Crippen LogP contribution is 2.31. The van der Waals surface area contributed by atoms with Crippen LogP contribution in [0.3, 0.4) is 0 Å². The Kier molecular flexibility index (Phi) is 1.55. The molecule has 2 rings (SSSR count). The van der Waals surface area contributed by atoms with Gasteiger partial charge in [0.2, 0.25) is 0 Å². The molecule has 66 valence electrons. The van der Waals surface area contributed by atoms with Crippen LogP contribution in [0.4, 0.5) is 10.1 Å². The van der Waals surface area contributed by atoms with Crippen LogP contribution in [0.5, 0.6) is 0 Å². The summed E-state index contributed by atoms with van der Waals surface area (Å²) >= 11 is 0. The molecule has 0 aliphatic carbocycles. The van der Waals surface area contributed by atoms with Crippen LogP contribution in [0.15, 0.2) is 24.5 Å². The van der Waals surface area contributed by atoms with Crippen LogP contribution in [0.2, 0.25) is 0 Å². The molecule has 1 aliphatic rings. The van der Waals surface area contributed by atoms with E-state index in [1.54, 1.807) is 0 Å². The minimum atomic E-state index is -0.418. The number of nitrogens with one attached hydrogen (secondary N) is 1. The third-order valence-corrected chi connectivity index (χ3v) is 1.89. The number of amides is 1. The zero-order valence-corrected chi connectivity index (χ0v) is 6.54. The topological polar surface area (TPSA) is 49.3 Å². The van der Waals surface area contributed by atoms with Gasteiger partial charge in [-0.05, 0) is 18.2 Å². The van der Waals surface area contributed by atoms with Crippen molar-refractivity contribution in [3.05, 3.63) is 35.8 Å².